The van der Waals surface area contributed by atoms with Crippen LogP contribution in [0.15, 0.2) is 42.6 Å². The number of nitrogens with one attached hydrogen (secondary N) is 2. The molecule has 6 nitrogen and oxygen atoms in total. The van der Waals surface area contributed by atoms with Crippen molar-refractivity contribution in [2.75, 3.05) is 11.4 Å². The highest BCUT2D eigenvalue weighted by atomic mass is 19.4. The van der Waals surface area contributed by atoms with Crippen molar-refractivity contribution in [3.63, 3.8) is 0 Å². The third-order valence-corrected chi connectivity index (χ3v) is 7.35. The van der Waals surface area contributed by atoms with Gasteiger partial charge in [0.2, 0.25) is 5.91 Å². The molecule has 3 atom stereocenters. The van der Waals surface area contributed by atoms with Gasteiger partial charge < -0.3 is 15.5 Å². The van der Waals surface area contributed by atoms with Gasteiger partial charge in [-0.25, -0.2) is 9.37 Å². The van der Waals surface area contributed by atoms with Crippen molar-refractivity contribution in [3.8, 4) is 0 Å². The molecule has 2 aromatic rings. The Morgan fingerprint density at radius 2 is 1.80 bits per heavy atom. The second kappa shape index (κ2) is 8.80. The SMILES string of the molecule is O=C(NCC(F)(F)F)c1ccc(N2[C@@H]3CC[C@H]2C[C@@H](NC(=O)C2(c4cccc(F)c4)CC2)C3)nc1. The summed E-state index contributed by atoms with van der Waals surface area (Å²) in [4.78, 5) is 31.6. The summed E-state index contributed by atoms with van der Waals surface area (Å²) in [6.07, 6.45) is 1.63. The molecule has 2 aliphatic heterocycles. The van der Waals surface area contributed by atoms with Gasteiger partial charge in [0.25, 0.3) is 5.91 Å². The number of alkyl halides is 3. The molecule has 1 aromatic heterocycles. The van der Waals surface area contributed by atoms with E-state index in [1.54, 1.807) is 18.2 Å². The molecule has 1 aromatic carbocycles. The van der Waals surface area contributed by atoms with Crippen LogP contribution < -0.4 is 15.5 Å². The molecule has 10 heteroatoms. The molecule has 0 spiro atoms. The first kappa shape index (κ1) is 23.6. The van der Waals surface area contributed by atoms with Crippen molar-refractivity contribution < 1.29 is 27.2 Å². The number of fused-ring (bicyclic) bond motifs is 2. The minimum atomic E-state index is -4.47. The standard InChI is InChI=1S/C25H26F4N4O2/c26-17-3-1-2-16(10-17)24(8-9-24)23(35)32-18-11-19-5-6-20(12-18)33(19)21-7-4-15(13-30-21)22(34)31-14-25(27,28)29/h1-4,7,10,13,18-20H,5-6,8-9,11-12,14H2,(H,31,34)(H,32,35)/t18-,19+,20-. The number of hydrogen-bond donors (Lipinski definition) is 2. The number of hydrogen-bond acceptors (Lipinski definition) is 4. The van der Waals surface area contributed by atoms with Crippen LogP contribution >= 0.6 is 0 Å². The Labute approximate surface area is 200 Å². The van der Waals surface area contributed by atoms with Crippen LogP contribution in [0, 0.1) is 5.82 Å². The molecule has 2 amide bonds. The summed E-state index contributed by atoms with van der Waals surface area (Å²) in [7, 11) is 0. The Morgan fingerprint density at radius 3 is 2.37 bits per heavy atom. The third-order valence-electron chi connectivity index (χ3n) is 7.35. The molecule has 5 rings (SSSR count). The number of pyridine rings is 1. The van der Waals surface area contributed by atoms with E-state index < -0.39 is 24.0 Å². The zero-order valence-electron chi connectivity index (χ0n) is 18.9. The number of anilines is 1. The van der Waals surface area contributed by atoms with Crippen LogP contribution in [0.25, 0.3) is 0 Å². The molecular weight excluding hydrogens is 464 g/mol. The first-order valence-electron chi connectivity index (χ1n) is 11.8. The fourth-order valence-corrected chi connectivity index (χ4v) is 5.51. The predicted octanol–water partition coefficient (Wildman–Crippen LogP) is 3.86. The Bertz CT molecular complexity index is 1100. The molecule has 186 valence electrons. The molecule has 0 radical (unpaired) electrons. The highest BCUT2D eigenvalue weighted by Gasteiger charge is 2.52. The van der Waals surface area contributed by atoms with Crippen LogP contribution in [0.2, 0.25) is 0 Å². The molecule has 1 saturated carbocycles. The molecule has 35 heavy (non-hydrogen) atoms. The maximum absolute atomic E-state index is 13.7. The number of benzene rings is 1. The van der Waals surface area contributed by atoms with Crippen LogP contribution in [-0.4, -0.2) is 47.6 Å². The number of piperidine rings is 1. The van der Waals surface area contributed by atoms with Crippen molar-refractivity contribution in [3.05, 3.63) is 59.5 Å². The van der Waals surface area contributed by atoms with Gasteiger partial charge in [-0.3, -0.25) is 9.59 Å². The summed E-state index contributed by atoms with van der Waals surface area (Å²) in [5.41, 5.74) is 0.154. The van der Waals surface area contributed by atoms with E-state index in [0.717, 1.165) is 31.2 Å². The van der Waals surface area contributed by atoms with Gasteiger partial charge in [0.15, 0.2) is 0 Å². The minimum Gasteiger partial charge on any atom is -0.352 e. The van der Waals surface area contributed by atoms with Gasteiger partial charge in [0.05, 0.1) is 11.0 Å². The number of rotatable bonds is 6. The van der Waals surface area contributed by atoms with Gasteiger partial charge in [-0.05, 0) is 68.4 Å². The second-order valence-electron chi connectivity index (χ2n) is 9.73. The van der Waals surface area contributed by atoms with Gasteiger partial charge >= 0.3 is 6.18 Å². The van der Waals surface area contributed by atoms with Crippen molar-refractivity contribution in [1.29, 1.82) is 0 Å². The monoisotopic (exact) mass is 490 g/mol. The highest BCUT2D eigenvalue weighted by molar-refractivity contribution is 5.94. The van der Waals surface area contributed by atoms with E-state index in [9.17, 15) is 27.2 Å². The van der Waals surface area contributed by atoms with E-state index in [1.807, 2.05) is 5.32 Å². The molecule has 3 aliphatic rings. The molecule has 3 fully saturated rings. The predicted molar refractivity (Wildman–Crippen MR) is 120 cm³/mol. The Morgan fingerprint density at radius 1 is 1.09 bits per heavy atom. The fraction of sp³-hybridized carbons (Fsp3) is 0.480. The maximum Gasteiger partial charge on any atom is 0.405 e. The number of carbonyl (C=O) groups is 2. The number of halogens is 4. The van der Waals surface area contributed by atoms with E-state index in [4.69, 9.17) is 0 Å². The summed E-state index contributed by atoms with van der Waals surface area (Å²) in [5, 5.41) is 5.05. The first-order chi connectivity index (χ1) is 16.6. The van der Waals surface area contributed by atoms with Crippen molar-refractivity contribution in [1.82, 2.24) is 15.6 Å². The van der Waals surface area contributed by atoms with E-state index in [1.165, 1.54) is 24.4 Å². The molecule has 2 N–H and O–H groups in total. The van der Waals surface area contributed by atoms with Gasteiger partial charge in [-0.1, -0.05) is 12.1 Å². The number of nitrogens with zero attached hydrogens (tertiary/aromatic N) is 2. The molecule has 2 saturated heterocycles. The third kappa shape index (κ3) is 4.83. The Kier molecular flexibility index (Phi) is 5.93. The summed E-state index contributed by atoms with van der Waals surface area (Å²) in [5.74, 6) is -0.538. The van der Waals surface area contributed by atoms with Crippen LogP contribution in [0.1, 0.15) is 54.4 Å². The van der Waals surface area contributed by atoms with Crippen molar-refractivity contribution in [2.45, 2.75) is 68.2 Å². The summed E-state index contributed by atoms with van der Waals surface area (Å²) in [6.45, 7) is -1.39. The van der Waals surface area contributed by atoms with Gasteiger partial charge in [0.1, 0.15) is 18.2 Å². The fourth-order valence-electron chi connectivity index (χ4n) is 5.51. The largest absolute Gasteiger partial charge is 0.405 e. The normalized spacial score (nSPS) is 24.7. The summed E-state index contributed by atoms with van der Waals surface area (Å²) in [6, 6.07) is 9.75. The Balaban J connectivity index is 1.21. The first-order valence-corrected chi connectivity index (χ1v) is 11.8. The van der Waals surface area contributed by atoms with E-state index in [-0.39, 0.29) is 35.4 Å². The second-order valence-corrected chi connectivity index (χ2v) is 9.73. The topological polar surface area (TPSA) is 74.3 Å². The van der Waals surface area contributed by atoms with Gasteiger partial charge in [-0.15, -0.1) is 0 Å². The van der Waals surface area contributed by atoms with E-state index in [0.29, 0.717) is 18.7 Å². The van der Waals surface area contributed by atoms with Gasteiger partial charge in [-0.2, -0.15) is 13.2 Å². The van der Waals surface area contributed by atoms with Crippen molar-refractivity contribution in [2.24, 2.45) is 0 Å². The summed E-state index contributed by atoms with van der Waals surface area (Å²) < 4.78 is 50.7. The van der Waals surface area contributed by atoms with E-state index in [2.05, 4.69) is 15.2 Å². The maximum atomic E-state index is 13.7. The highest BCUT2D eigenvalue weighted by Crippen LogP contribution is 2.49. The van der Waals surface area contributed by atoms with Crippen LogP contribution in [0.4, 0.5) is 23.4 Å². The van der Waals surface area contributed by atoms with Crippen LogP contribution in [-0.2, 0) is 10.2 Å². The lowest BCUT2D eigenvalue weighted by Gasteiger charge is -2.40. The molecule has 1 aliphatic carbocycles. The zero-order valence-corrected chi connectivity index (χ0v) is 18.9. The van der Waals surface area contributed by atoms with Crippen LogP contribution in [0.5, 0.6) is 0 Å². The number of aromatic nitrogens is 1. The van der Waals surface area contributed by atoms with E-state index >= 15 is 0 Å². The lowest BCUT2D eigenvalue weighted by Crippen LogP contribution is -2.52. The molecule has 3 heterocycles. The molecular formula is C25H26F4N4O2. The zero-order chi connectivity index (χ0) is 24.8. The lowest BCUT2D eigenvalue weighted by molar-refractivity contribution is -0.124. The molecule has 0 unspecified atom stereocenters. The number of amides is 2. The molecule has 2 bridgehead atoms. The average Bonchev–Trinajstić information content (AvgIpc) is 3.58. The smallest absolute Gasteiger partial charge is 0.352 e. The van der Waals surface area contributed by atoms with Crippen LogP contribution in [0.3, 0.4) is 0 Å². The number of carbonyl (C=O) groups excluding carboxylic acids is 2. The van der Waals surface area contributed by atoms with Gasteiger partial charge in [0, 0.05) is 24.3 Å². The Hall–Kier alpha value is -3.17. The lowest BCUT2D eigenvalue weighted by atomic mass is 9.92. The quantitative estimate of drug-likeness (QED) is 0.604. The van der Waals surface area contributed by atoms with Crippen molar-refractivity contribution >= 4 is 17.6 Å². The summed E-state index contributed by atoms with van der Waals surface area (Å²) >= 11 is 0. The minimum absolute atomic E-state index is 0.00898. The average molecular weight is 491 g/mol.